The Balaban J connectivity index is 2.28. The van der Waals surface area contributed by atoms with Crippen molar-refractivity contribution < 1.29 is 12.8 Å². The molecule has 7 nitrogen and oxygen atoms in total. The highest BCUT2D eigenvalue weighted by atomic mass is 32.2. The van der Waals surface area contributed by atoms with E-state index in [-0.39, 0.29) is 17.2 Å². The number of benzene rings is 1. The summed E-state index contributed by atoms with van der Waals surface area (Å²) in [6, 6.07) is 5.18. The van der Waals surface area contributed by atoms with Crippen molar-refractivity contribution in [2.45, 2.75) is 40.0 Å². The third kappa shape index (κ3) is 3.82. The minimum Gasteiger partial charge on any atom is -0.440 e. The van der Waals surface area contributed by atoms with Gasteiger partial charge in [-0.3, -0.25) is 9.52 Å². The Morgan fingerprint density at radius 2 is 1.96 bits per heavy atom. The number of oxazole rings is 1. The summed E-state index contributed by atoms with van der Waals surface area (Å²) in [7, 11) is -1.76. The van der Waals surface area contributed by atoms with Gasteiger partial charge < -0.3 is 8.98 Å². The molecule has 150 valence electrons. The molecule has 0 amide bonds. The van der Waals surface area contributed by atoms with Crippen molar-refractivity contribution in [3.8, 4) is 11.1 Å². The molecule has 0 aliphatic heterocycles. The predicted molar refractivity (Wildman–Crippen MR) is 111 cm³/mol. The lowest BCUT2D eigenvalue weighted by atomic mass is 10.0. The molecule has 3 rings (SSSR count). The topological polar surface area (TPSA) is 94.2 Å². The maximum absolute atomic E-state index is 12.1. The molecule has 2 heterocycles. The van der Waals surface area contributed by atoms with Crippen LogP contribution in [0.5, 0.6) is 0 Å². The third-order valence-corrected chi connectivity index (χ3v) is 6.17. The van der Waals surface area contributed by atoms with Crippen LogP contribution in [-0.2, 0) is 17.1 Å². The molecule has 0 aliphatic rings. The first-order chi connectivity index (χ1) is 13.1. The Hall–Kier alpha value is -2.61. The van der Waals surface area contributed by atoms with Crippen molar-refractivity contribution in [3.05, 3.63) is 46.2 Å². The number of hydrogen-bond acceptors (Lipinski definition) is 5. The highest BCUT2D eigenvalue weighted by Crippen LogP contribution is 2.35. The van der Waals surface area contributed by atoms with Gasteiger partial charge in [0.1, 0.15) is 5.52 Å². The standard InChI is InChI=1S/C20H25N3O4S/c1-6-12(3)19-21-17-10-15(22-28(25,26)7-2)9-16(18(17)27-19)14-8-13(4)20(24)23(5)11-14/h8-12,22H,6-7H2,1-5H3. The fourth-order valence-corrected chi connectivity index (χ4v) is 3.61. The number of pyridine rings is 1. The fourth-order valence-electron chi connectivity index (χ4n) is 2.99. The molecular formula is C20H25N3O4S. The van der Waals surface area contributed by atoms with Crippen LogP contribution < -0.4 is 10.3 Å². The van der Waals surface area contributed by atoms with Crippen molar-refractivity contribution in [3.63, 3.8) is 0 Å². The normalized spacial score (nSPS) is 13.0. The largest absolute Gasteiger partial charge is 0.440 e. The molecule has 0 aliphatic carbocycles. The number of fused-ring (bicyclic) bond motifs is 1. The molecule has 0 saturated carbocycles. The Bertz CT molecular complexity index is 1170. The lowest BCUT2D eigenvalue weighted by Gasteiger charge is -2.10. The van der Waals surface area contributed by atoms with E-state index in [1.165, 1.54) is 4.57 Å². The molecule has 28 heavy (non-hydrogen) atoms. The molecule has 0 spiro atoms. The van der Waals surface area contributed by atoms with Crippen LogP contribution >= 0.6 is 0 Å². The number of nitrogens with zero attached hydrogens (tertiary/aromatic N) is 2. The summed E-state index contributed by atoms with van der Waals surface area (Å²) in [4.78, 5) is 16.7. The van der Waals surface area contributed by atoms with Crippen LogP contribution in [0.1, 0.15) is 44.6 Å². The summed E-state index contributed by atoms with van der Waals surface area (Å²) >= 11 is 0. The number of hydrogen-bond donors (Lipinski definition) is 1. The Kier molecular flexibility index (Phi) is 5.34. The van der Waals surface area contributed by atoms with Gasteiger partial charge in [-0.2, -0.15) is 0 Å². The molecule has 0 fully saturated rings. The minimum absolute atomic E-state index is 0.0315. The van der Waals surface area contributed by atoms with Crippen LogP contribution in [0.4, 0.5) is 5.69 Å². The van der Waals surface area contributed by atoms with Gasteiger partial charge in [-0.25, -0.2) is 13.4 Å². The predicted octanol–water partition coefficient (Wildman–Crippen LogP) is 3.78. The fraction of sp³-hybridized carbons (Fsp3) is 0.400. The van der Waals surface area contributed by atoms with Crippen LogP contribution in [0, 0.1) is 6.92 Å². The van der Waals surface area contributed by atoms with E-state index in [0.717, 1.165) is 12.0 Å². The molecule has 1 N–H and O–H groups in total. The Labute approximate surface area is 164 Å². The molecule has 1 atom stereocenters. The van der Waals surface area contributed by atoms with Crippen LogP contribution in [0.2, 0.25) is 0 Å². The van der Waals surface area contributed by atoms with Crippen LogP contribution in [-0.4, -0.2) is 23.7 Å². The summed E-state index contributed by atoms with van der Waals surface area (Å²) in [5, 5.41) is 0. The average molecular weight is 404 g/mol. The van der Waals surface area contributed by atoms with Gasteiger partial charge in [-0.15, -0.1) is 0 Å². The zero-order valence-corrected chi connectivity index (χ0v) is 17.6. The first-order valence-electron chi connectivity index (χ1n) is 9.27. The van der Waals surface area contributed by atoms with Crippen molar-refractivity contribution in [1.82, 2.24) is 9.55 Å². The van der Waals surface area contributed by atoms with Gasteiger partial charge >= 0.3 is 0 Å². The number of rotatable bonds is 6. The summed E-state index contributed by atoms with van der Waals surface area (Å²) < 4.78 is 34.3. The molecular weight excluding hydrogens is 378 g/mol. The Morgan fingerprint density at radius 3 is 2.57 bits per heavy atom. The van der Waals surface area contributed by atoms with Crippen molar-refractivity contribution in [2.75, 3.05) is 10.5 Å². The first kappa shape index (κ1) is 20.1. The summed E-state index contributed by atoms with van der Waals surface area (Å²) in [5.74, 6) is 0.713. The average Bonchev–Trinajstić information content (AvgIpc) is 3.08. The lowest BCUT2D eigenvalue weighted by Crippen LogP contribution is -2.18. The second-order valence-corrected chi connectivity index (χ2v) is 9.08. The van der Waals surface area contributed by atoms with E-state index in [9.17, 15) is 13.2 Å². The van der Waals surface area contributed by atoms with Crippen molar-refractivity contribution in [1.29, 1.82) is 0 Å². The van der Waals surface area contributed by atoms with Crippen molar-refractivity contribution >= 4 is 26.8 Å². The molecule has 2 aromatic heterocycles. The molecule has 0 saturated heterocycles. The van der Waals surface area contributed by atoms with E-state index in [2.05, 4.69) is 16.6 Å². The summed E-state index contributed by atoms with van der Waals surface area (Å²) in [6.07, 6.45) is 2.59. The molecule has 8 heteroatoms. The van der Waals surface area contributed by atoms with Gasteiger partial charge in [0.05, 0.1) is 11.4 Å². The SMILES string of the molecule is CCC(C)c1nc2cc(NS(=O)(=O)CC)cc(-c3cc(C)c(=O)n(C)c3)c2o1. The van der Waals surface area contributed by atoms with Gasteiger partial charge in [0.15, 0.2) is 11.5 Å². The number of aryl methyl sites for hydroxylation is 2. The van der Waals surface area contributed by atoms with E-state index in [1.807, 2.05) is 6.92 Å². The van der Waals surface area contributed by atoms with Crippen LogP contribution in [0.15, 0.2) is 33.6 Å². The zero-order valence-electron chi connectivity index (χ0n) is 16.7. The maximum atomic E-state index is 12.1. The number of nitrogens with one attached hydrogen (secondary N) is 1. The van der Waals surface area contributed by atoms with Gasteiger partial charge in [0, 0.05) is 35.9 Å². The lowest BCUT2D eigenvalue weighted by molar-refractivity contribution is 0.480. The molecule has 0 radical (unpaired) electrons. The van der Waals surface area contributed by atoms with Gasteiger partial charge in [0.25, 0.3) is 5.56 Å². The smallest absolute Gasteiger partial charge is 0.253 e. The van der Waals surface area contributed by atoms with Crippen molar-refractivity contribution in [2.24, 2.45) is 7.05 Å². The van der Waals surface area contributed by atoms with Crippen LogP contribution in [0.3, 0.4) is 0 Å². The van der Waals surface area contributed by atoms with E-state index >= 15 is 0 Å². The number of aromatic nitrogens is 2. The van der Waals surface area contributed by atoms with Crippen LogP contribution in [0.25, 0.3) is 22.2 Å². The summed E-state index contributed by atoms with van der Waals surface area (Å²) in [5.41, 5.74) is 3.52. The second kappa shape index (κ2) is 7.43. The van der Waals surface area contributed by atoms with E-state index in [0.29, 0.717) is 33.8 Å². The zero-order chi connectivity index (χ0) is 20.6. The first-order valence-corrected chi connectivity index (χ1v) is 10.9. The van der Waals surface area contributed by atoms with E-state index in [4.69, 9.17) is 4.42 Å². The van der Waals surface area contributed by atoms with Gasteiger partial charge in [0.2, 0.25) is 10.0 Å². The van der Waals surface area contributed by atoms with Gasteiger partial charge in [-0.1, -0.05) is 13.8 Å². The minimum atomic E-state index is -3.44. The second-order valence-electron chi connectivity index (χ2n) is 7.07. The van der Waals surface area contributed by atoms with Gasteiger partial charge in [-0.05, 0) is 38.5 Å². The van der Waals surface area contributed by atoms with E-state index in [1.54, 1.807) is 45.3 Å². The Morgan fingerprint density at radius 1 is 1.25 bits per heavy atom. The highest BCUT2D eigenvalue weighted by Gasteiger charge is 2.19. The summed E-state index contributed by atoms with van der Waals surface area (Å²) in [6.45, 7) is 7.41. The molecule has 1 aromatic carbocycles. The van der Waals surface area contributed by atoms with E-state index < -0.39 is 10.0 Å². The molecule has 0 bridgehead atoms. The number of sulfonamides is 1. The highest BCUT2D eigenvalue weighted by molar-refractivity contribution is 7.92. The number of anilines is 1. The maximum Gasteiger partial charge on any atom is 0.253 e. The monoisotopic (exact) mass is 403 g/mol. The molecule has 3 aromatic rings. The quantitative estimate of drug-likeness (QED) is 0.676. The third-order valence-electron chi connectivity index (χ3n) is 4.87. The molecule has 1 unspecified atom stereocenters.